The van der Waals surface area contributed by atoms with Crippen LogP contribution in [0.2, 0.25) is 0 Å². The monoisotopic (exact) mass is 434 g/mol. The number of hydrogen-bond donors (Lipinski definition) is 1. The fourth-order valence-corrected chi connectivity index (χ4v) is 4.52. The lowest BCUT2D eigenvalue weighted by Gasteiger charge is -2.25. The van der Waals surface area contributed by atoms with Gasteiger partial charge in [0.25, 0.3) is 10.0 Å². The third-order valence-electron chi connectivity index (χ3n) is 4.58. The first-order valence-electron chi connectivity index (χ1n) is 9.77. The van der Waals surface area contributed by atoms with Crippen molar-refractivity contribution in [1.82, 2.24) is 5.32 Å². The molecular weight excluding hydrogens is 404 g/mol. The highest BCUT2D eigenvalue weighted by Gasteiger charge is 2.30. The van der Waals surface area contributed by atoms with Crippen molar-refractivity contribution in [1.29, 1.82) is 0 Å². The van der Waals surface area contributed by atoms with Crippen molar-refractivity contribution >= 4 is 21.6 Å². The molecule has 0 aliphatic heterocycles. The van der Waals surface area contributed by atoms with E-state index in [2.05, 4.69) is 19.2 Å². The van der Waals surface area contributed by atoms with E-state index in [-0.39, 0.29) is 23.1 Å². The second-order valence-electron chi connectivity index (χ2n) is 7.40. The number of ether oxygens (including phenoxy) is 2. The first kappa shape index (κ1) is 23.5. The molecule has 1 amide bonds. The molecule has 0 aliphatic carbocycles. The number of carbonyl (C=O) groups is 1. The van der Waals surface area contributed by atoms with Crippen LogP contribution < -0.4 is 19.1 Å². The zero-order chi connectivity index (χ0) is 22.3. The van der Waals surface area contributed by atoms with Gasteiger partial charge in [0, 0.05) is 6.54 Å². The summed E-state index contributed by atoms with van der Waals surface area (Å²) >= 11 is 0. The third-order valence-corrected chi connectivity index (χ3v) is 6.37. The van der Waals surface area contributed by atoms with E-state index in [4.69, 9.17) is 9.47 Å². The molecule has 0 aromatic heterocycles. The highest BCUT2D eigenvalue weighted by molar-refractivity contribution is 7.93. The van der Waals surface area contributed by atoms with Gasteiger partial charge in [-0.1, -0.05) is 19.9 Å². The van der Waals surface area contributed by atoms with E-state index in [1.807, 2.05) is 0 Å². The van der Waals surface area contributed by atoms with Gasteiger partial charge in [-0.15, -0.1) is 0 Å². The number of hydrogen-bond acceptors (Lipinski definition) is 5. The minimum Gasteiger partial charge on any atom is -0.497 e. The van der Waals surface area contributed by atoms with Crippen molar-refractivity contribution in [2.24, 2.45) is 5.92 Å². The predicted octanol–water partition coefficient (Wildman–Crippen LogP) is 3.37. The van der Waals surface area contributed by atoms with Crippen LogP contribution in [0, 0.1) is 12.8 Å². The lowest BCUT2D eigenvalue weighted by molar-refractivity contribution is -0.119. The summed E-state index contributed by atoms with van der Waals surface area (Å²) in [4.78, 5) is 12.6. The van der Waals surface area contributed by atoms with Crippen LogP contribution in [0.1, 0.15) is 25.8 Å². The maximum atomic E-state index is 13.6. The number of sulfonamides is 1. The highest BCUT2D eigenvalue weighted by Crippen LogP contribution is 2.31. The van der Waals surface area contributed by atoms with Crippen LogP contribution in [-0.4, -0.2) is 41.6 Å². The molecule has 2 rings (SSSR count). The van der Waals surface area contributed by atoms with Crippen molar-refractivity contribution in [2.45, 2.75) is 32.1 Å². The molecule has 0 atom stereocenters. The molecule has 0 spiro atoms. The van der Waals surface area contributed by atoms with Crippen LogP contribution in [0.4, 0.5) is 5.69 Å². The molecule has 0 bridgehead atoms. The van der Waals surface area contributed by atoms with E-state index in [9.17, 15) is 13.2 Å². The van der Waals surface area contributed by atoms with Gasteiger partial charge in [0.15, 0.2) is 0 Å². The Bertz CT molecular complexity index is 956. The summed E-state index contributed by atoms with van der Waals surface area (Å²) in [5.74, 6) is 0.870. The molecule has 0 aliphatic rings. The Morgan fingerprint density at radius 3 is 2.30 bits per heavy atom. The fourth-order valence-electron chi connectivity index (χ4n) is 2.85. The number of rotatable bonds is 10. The molecule has 0 heterocycles. The number of aryl methyl sites for hydroxylation is 1. The molecule has 8 heteroatoms. The van der Waals surface area contributed by atoms with Crippen molar-refractivity contribution in [3.8, 4) is 11.5 Å². The lowest BCUT2D eigenvalue weighted by atomic mass is 10.1. The van der Waals surface area contributed by atoms with E-state index in [1.165, 1.54) is 14.2 Å². The normalized spacial score (nSPS) is 11.3. The number of carbonyl (C=O) groups excluding carboxylic acids is 1. The van der Waals surface area contributed by atoms with E-state index in [0.717, 1.165) is 16.3 Å². The Hall–Kier alpha value is -2.74. The van der Waals surface area contributed by atoms with Crippen LogP contribution >= 0.6 is 0 Å². The SMILES string of the molecule is COc1ccc(N(CC(=O)NCCC(C)C)S(=O)(=O)c2cc(C)ccc2OC)cc1. The Kier molecular flexibility index (Phi) is 8.11. The van der Waals surface area contributed by atoms with Crippen LogP contribution in [-0.2, 0) is 14.8 Å². The second kappa shape index (κ2) is 10.3. The van der Waals surface area contributed by atoms with Crippen LogP contribution in [0.15, 0.2) is 47.4 Å². The minimum absolute atomic E-state index is 0.01000. The standard InChI is InChI=1S/C22H30N2O5S/c1-16(2)12-13-23-22(25)15-24(18-7-9-19(28-4)10-8-18)30(26,27)21-14-17(3)6-11-20(21)29-5/h6-11,14,16H,12-13,15H2,1-5H3,(H,23,25). The first-order valence-corrected chi connectivity index (χ1v) is 11.2. The van der Waals surface area contributed by atoms with Gasteiger partial charge in [-0.3, -0.25) is 9.10 Å². The lowest BCUT2D eigenvalue weighted by Crippen LogP contribution is -2.41. The zero-order valence-electron chi connectivity index (χ0n) is 18.1. The van der Waals surface area contributed by atoms with Gasteiger partial charge in [-0.25, -0.2) is 8.42 Å². The molecular formula is C22H30N2O5S. The van der Waals surface area contributed by atoms with E-state index < -0.39 is 10.0 Å². The maximum Gasteiger partial charge on any atom is 0.268 e. The Balaban J connectivity index is 2.44. The molecule has 2 aromatic rings. The van der Waals surface area contributed by atoms with E-state index in [1.54, 1.807) is 49.4 Å². The summed E-state index contributed by atoms with van der Waals surface area (Å²) in [6.07, 6.45) is 0.812. The highest BCUT2D eigenvalue weighted by atomic mass is 32.2. The summed E-state index contributed by atoms with van der Waals surface area (Å²) in [5.41, 5.74) is 1.13. The van der Waals surface area contributed by atoms with Gasteiger partial charge in [0.1, 0.15) is 22.9 Å². The molecule has 7 nitrogen and oxygen atoms in total. The van der Waals surface area contributed by atoms with Crippen molar-refractivity contribution in [3.63, 3.8) is 0 Å². The number of nitrogens with zero attached hydrogens (tertiary/aromatic N) is 1. The average molecular weight is 435 g/mol. The molecule has 0 radical (unpaired) electrons. The summed E-state index contributed by atoms with van der Waals surface area (Å²) < 4.78 is 38.7. The summed E-state index contributed by atoms with van der Waals surface area (Å²) in [5, 5.41) is 2.80. The summed E-state index contributed by atoms with van der Waals surface area (Å²) in [6.45, 7) is 6.06. The fraction of sp³-hybridized carbons (Fsp3) is 0.409. The van der Waals surface area contributed by atoms with Crippen molar-refractivity contribution < 1.29 is 22.7 Å². The Morgan fingerprint density at radius 2 is 1.73 bits per heavy atom. The topological polar surface area (TPSA) is 84.9 Å². The first-order chi connectivity index (χ1) is 14.2. The van der Waals surface area contributed by atoms with Crippen molar-refractivity contribution in [3.05, 3.63) is 48.0 Å². The smallest absolute Gasteiger partial charge is 0.268 e. The van der Waals surface area contributed by atoms with Gasteiger partial charge >= 0.3 is 0 Å². The molecule has 164 valence electrons. The second-order valence-corrected chi connectivity index (χ2v) is 9.23. The Morgan fingerprint density at radius 1 is 1.07 bits per heavy atom. The molecule has 0 unspecified atom stereocenters. The number of methoxy groups -OCH3 is 2. The maximum absolute atomic E-state index is 13.6. The van der Waals surface area contributed by atoms with Gasteiger partial charge in [0.2, 0.25) is 5.91 Å². The zero-order valence-corrected chi connectivity index (χ0v) is 19.0. The van der Waals surface area contributed by atoms with Crippen LogP contribution in [0.25, 0.3) is 0 Å². The van der Waals surface area contributed by atoms with Gasteiger partial charge in [-0.2, -0.15) is 0 Å². The third kappa shape index (κ3) is 5.89. The van der Waals surface area contributed by atoms with Crippen LogP contribution in [0.3, 0.4) is 0 Å². The molecule has 0 saturated heterocycles. The number of anilines is 1. The molecule has 0 fully saturated rings. The average Bonchev–Trinajstić information content (AvgIpc) is 2.71. The minimum atomic E-state index is -4.07. The summed E-state index contributed by atoms with van der Waals surface area (Å²) in [6, 6.07) is 11.5. The molecule has 0 saturated carbocycles. The van der Waals surface area contributed by atoms with E-state index in [0.29, 0.717) is 23.9 Å². The van der Waals surface area contributed by atoms with E-state index >= 15 is 0 Å². The van der Waals surface area contributed by atoms with Gasteiger partial charge in [-0.05, 0) is 61.2 Å². The van der Waals surface area contributed by atoms with Crippen LogP contribution in [0.5, 0.6) is 11.5 Å². The predicted molar refractivity (Wildman–Crippen MR) is 118 cm³/mol. The number of benzene rings is 2. The Labute approximate surface area is 179 Å². The largest absolute Gasteiger partial charge is 0.497 e. The quantitative estimate of drug-likeness (QED) is 0.620. The number of nitrogens with one attached hydrogen (secondary N) is 1. The molecule has 1 N–H and O–H groups in total. The van der Waals surface area contributed by atoms with Gasteiger partial charge in [0.05, 0.1) is 19.9 Å². The summed E-state index contributed by atoms with van der Waals surface area (Å²) in [7, 11) is -1.12. The molecule has 30 heavy (non-hydrogen) atoms. The van der Waals surface area contributed by atoms with Crippen molar-refractivity contribution in [2.75, 3.05) is 31.6 Å². The van der Waals surface area contributed by atoms with Gasteiger partial charge < -0.3 is 14.8 Å². The number of amides is 1. The molecule has 2 aromatic carbocycles.